The van der Waals surface area contributed by atoms with Crippen LogP contribution in [0.4, 0.5) is 5.69 Å². The zero-order chi connectivity index (χ0) is 29.5. The molecule has 0 radical (unpaired) electrons. The zero-order valence-electron chi connectivity index (χ0n) is 24.0. The summed E-state index contributed by atoms with van der Waals surface area (Å²) >= 11 is 0. The normalized spacial score (nSPS) is 12.3. The van der Waals surface area contributed by atoms with E-state index in [4.69, 9.17) is 4.74 Å². The van der Waals surface area contributed by atoms with Gasteiger partial charge in [-0.2, -0.15) is 0 Å². The van der Waals surface area contributed by atoms with Crippen molar-refractivity contribution in [3.8, 4) is 5.75 Å². The number of para-hydroxylation sites is 1. The lowest BCUT2D eigenvalue weighted by Crippen LogP contribution is -2.54. The number of benzene rings is 3. The van der Waals surface area contributed by atoms with Gasteiger partial charge in [-0.3, -0.25) is 13.9 Å². The molecule has 214 valence electrons. The molecule has 0 aliphatic carbocycles. The minimum absolute atomic E-state index is 0.0246. The molecule has 40 heavy (non-hydrogen) atoms. The highest BCUT2D eigenvalue weighted by molar-refractivity contribution is 7.92. The third-order valence-corrected chi connectivity index (χ3v) is 8.10. The van der Waals surface area contributed by atoms with Gasteiger partial charge in [0.15, 0.2) is 0 Å². The van der Waals surface area contributed by atoms with Crippen LogP contribution in [0.1, 0.15) is 45.7 Å². The van der Waals surface area contributed by atoms with Crippen molar-refractivity contribution in [2.24, 2.45) is 0 Å². The van der Waals surface area contributed by atoms with E-state index in [9.17, 15) is 18.0 Å². The molecular formula is C31H39N3O5S. The Morgan fingerprint density at radius 1 is 0.925 bits per heavy atom. The van der Waals surface area contributed by atoms with Gasteiger partial charge >= 0.3 is 0 Å². The van der Waals surface area contributed by atoms with E-state index < -0.39 is 34.1 Å². The standard InChI is InChI=1S/C31H39N3O5S/c1-7-39-27-17-19-28(20-18-27)40(37,38)34(26-15-9-8-10-16-26)22-29(35)33(21-25-14-12-11-13-23(25)2)24(3)30(36)32-31(4,5)6/h8-20,24H,7,21-22H2,1-6H3,(H,32,36)/t24-/m0/s1. The number of rotatable bonds is 11. The summed E-state index contributed by atoms with van der Waals surface area (Å²) in [6.07, 6.45) is 0. The van der Waals surface area contributed by atoms with Crippen LogP contribution >= 0.6 is 0 Å². The molecule has 3 rings (SSSR count). The van der Waals surface area contributed by atoms with Gasteiger partial charge in [0.05, 0.1) is 17.2 Å². The predicted molar refractivity (Wildman–Crippen MR) is 158 cm³/mol. The van der Waals surface area contributed by atoms with E-state index in [1.807, 2.05) is 58.9 Å². The van der Waals surface area contributed by atoms with Gasteiger partial charge in [-0.15, -0.1) is 0 Å². The second kappa shape index (κ2) is 13.0. The third kappa shape index (κ3) is 7.85. The van der Waals surface area contributed by atoms with Gasteiger partial charge in [0.1, 0.15) is 18.3 Å². The number of aryl methyl sites for hydroxylation is 1. The van der Waals surface area contributed by atoms with E-state index in [0.29, 0.717) is 18.0 Å². The first-order chi connectivity index (χ1) is 18.8. The molecule has 0 aliphatic rings. The molecule has 0 fully saturated rings. The Hall–Kier alpha value is -3.85. The van der Waals surface area contributed by atoms with E-state index >= 15 is 0 Å². The molecule has 0 aliphatic heterocycles. The Morgan fingerprint density at radius 2 is 1.52 bits per heavy atom. The fraction of sp³-hybridized carbons (Fsp3) is 0.355. The SMILES string of the molecule is CCOc1ccc(S(=O)(=O)N(CC(=O)N(Cc2ccccc2C)[C@@H](C)C(=O)NC(C)(C)C)c2ccccc2)cc1. The number of anilines is 1. The van der Waals surface area contributed by atoms with Crippen LogP contribution in [0.15, 0.2) is 83.8 Å². The van der Waals surface area contributed by atoms with Crippen LogP contribution in [0, 0.1) is 6.92 Å². The zero-order valence-corrected chi connectivity index (χ0v) is 24.9. The summed E-state index contributed by atoms with van der Waals surface area (Å²) in [5.74, 6) is -0.278. The van der Waals surface area contributed by atoms with Crippen LogP contribution in [-0.4, -0.2) is 49.9 Å². The average Bonchev–Trinajstić information content (AvgIpc) is 2.90. The Kier molecular flexibility index (Phi) is 9.98. The summed E-state index contributed by atoms with van der Waals surface area (Å²) in [7, 11) is -4.14. The maximum absolute atomic E-state index is 14.0. The molecule has 1 atom stereocenters. The van der Waals surface area contributed by atoms with Gasteiger partial charge in [0, 0.05) is 12.1 Å². The van der Waals surface area contributed by atoms with Gasteiger partial charge < -0.3 is 15.0 Å². The highest BCUT2D eigenvalue weighted by Gasteiger charge is 2.33. The highest BCUT2D eigenvalue weighted by Crippen LogP contribution is 2.26. The number of nitrogens with zero attached hydrogens (tertiary/aromatic N) is 2. The minimum atomic E-state index is -4.14. The fourth-order valence-corrected chi connectivity index (χ4v) is 5.57. The molecule has 0 aromatic heterocycles. The second-order valence-corrected chi connectivity index (χ2v) is 12.5. The van der Waals surface area contributed by atoms with Gasteiger partial charge in [-0.1, -0.05) is 42.5 Å². The Morgan fingerprint density at radius 3 is 2.10 bits per heavy atom. The number of ether oxygens (including phenoxy) is 1. The van der Waals surface area contributed by atoms with Gasteiger partial charge in [-0.25, -0.2) is 8.42 Å². The first-order valence-electron chi connectivity index (χ1n) is 13.3. The molecule has 0 saturated heterocycles. The van der Waals surface area contributed by atoms with Crippen LogP contribution in [0.25, 0.3) is 0 Å². The molecule has 2 amide bonds. The number of carbonyl (C=O) groups excluding carboxylic acids is 2. The van der Waals surface area contributed by atoms with E-state index in [0.717, 1.165) is 15.4 Å². The molecule has 0 unspecified atom stereocenters. The number of carbonyl (C=O) groups is 2. The smallest absolute Gasteiger partial charge is 0.264 e. The summed E-state index contributed by atoms with van der Waals surface area (Å²) in [5, 5.41) is 2.93. The highest BCUT2D eigenvalue weighted by atomic mass is 32.2. The summed E-state index contributed by atoms with van der Waals surface area (Å²) in [6.45, 7) is 11.2. The number of hydrogen-bond acceptors (Lipinski definition) is 5. The number of nitrogens with one attached hydrogen (secondary N) is 1. The molecule has 3 aromatic carbocycles. The topological polar surface area (TPSA) is 96.0 Å². The lowest BCUT2D eigenvalue weighted by Gasteiger charge is -2.33. The first-order valence-corrected chi connectivity index (χ1v) is 14.7. The van der Waals surface area contributed by atoms with Crippen LogP contribution < -0.4 is 14.4 Å². The van der Waals surface area contributed by atoms with Gasteiger partial charge in [0.25, 0.3) is 10.0 Å². The van der Waals surface area contributed by atoms with Crippen molar-refractivity contribution in [3.05, 3.63) is 90.0 Å². The molecule has 3 aromatic rings. The Bertz CT molecular complexity index is 1400. The first kappa shape index (κ1) is 30.7. The van der Waals surface area contributed by atoms with E-state index in [2.05, 4.69) is 5.32 Å². The van der Waals surface area contributed by atoms with Crippen molar-refractivity contribution in [2.45, 2.75) is 64.6 Å². The predicted octanol–water partition coefficient (Wildman–Crippen LogP) is 4.92. The van der Waals surface area contributed by atoms with Crippen LogP contribution in [-0.2, 0) is 26.2 Å². The largest absolute Gasteiger partial charge is 0.494 e. The van der Waals surface area contributed by atoms with E-state index in [1.165, 1.54) is 17.0 Å². The quantitative estimate of drug-likeness (QED) is 0.356. The summed E-state index contributed by atoms with van der Waals surface area (Å²) in [6, 6.07) is 21.3. The van der Waals surface area contributed by atoms with Crippen molar-refractivity contribution in [1.29, 1.82) is 0 Å². The number of sulfonamides is 1. The monoisotopic (exact) mass is 565 g/mol. The number of hydrogen-bond donors (Lipinski definition) is 1. The van der Waals surface area contributed by atoms with Gasteiger partial charge in [0.2, 0.25) is 11.8 Å². The number of amides is 2. The molecule has 1 N–H and O–H groups in total. The molecule has 0 saturated carbocycles. The molecule has 9 heteroatoms. The van der Waals surface area contributed by atoms with Crippen LogP contribution in [0.2, 0.25) is 0 Å². The maximum Gasteiger partial charge on any atom is 0.264 e. The molecule has 0 heterocycles. The average molecular weight is 566 g/mol. The lowest BCUT2D eigenvalue weighted by molar-refractivity contribution is -0.140. The summed E-state index contributed by atoms with van der Waals surface area (Å²) in [5.41, 5.74) is 1.67. The van der Waals surface area contributed by atoms with Crippen LogP contribution in [0.3, 0.4) is 0 Å². The van der Waals surface area contributed by atoms with Crippen molar-refractivity contribution in [2.75, 3.05) is 17.5 Å². The van der Waals surface area contributed by atoms with Crippen molar-refractivity contribution >= 4 is 27.5 Å². The molecular weight excluding hydrogens is 526 g/mol. The van der Waals surface area contributed by atoms with Gasteiger partial charge in [-0.05, 0) is 89.1 Å². The maximum atomic E-state index is 14.0. The lowest BCUT2D eigenvalue weighted by atomic mass is 10.1. The van der Waals surface area contributed by atoms with E-state index in [1.54, 1.807) is 49.4 Å². The van der Waals surface area contributed by atoms with Crippen molar-refractivity contribution in [1.82, 2.24) is 10.2 Å². The Labute approximate surface area is 238 Å². The Balaban J connectivity index is 2.01. The molecule has 0 spiro atoms. The fourth-order valence-electron chi connectivity index (χ4n) is 4.15. The van der Waals surface area contributed by atoms with Crippen molar-refractivity contribution in [3.63, 3.8) is 0 Å². The van der Waals surface area contributed by atoms with Crippen molar-refractivity contribution < 1.29 is 22.7 Å². The molecule has 0 bridgehead atoms. The van der Waals surface area contributed by atoms with E-state index in [-0.39, 0.29) is 17.3 Å². The summed E-state index contributed by atoms with van der Waals surface area (Å²) < 4.78 is 34.3. The minimum Gasteiger partial charge on any atom is -0.494 e. The second-order valence-electron chi connectivity index (χ2n) is 10.6. The summed E-state index contributed by atoms with van der Waals surface area (Å²) in [4.78, 5) is 28.6. The van der Waals surface area contributed by atoms with Crippen LogP contribution in [0.5, 0.6) is 5.75 Å². The third-order valence-electron chi connectivity index (χ3n) is 6.31. The molecule has 8 nitrogen and oxygen atoms in total.